The van der Waals surface area contributed by atoms with E-state index in [0.29, 0.717) is 28.9 Å². The number of nitrogens with one attached hydrogen (secondary N) is 2. The van der Waals surface area contributed by atoms with Gasteiger partial charge in [-0.3, -0.25) is 14.4 Å². The predicted octanol–water partition coefficient (Wildman–Crippen LogP) is 11.2. The van der Waals surface area contributed by atoms with E-state index in [0.717, 1.165) is 35.3 Å². The number of rotatable bonds is 18. The molecule has 0 aromatic heterocycles. The summed E-state index contributed by atoms with van der Waals surface area (Å²) in [7, 11) is -4.13. The van der Waals surface area contributed by atoms with E-state index in [4.69, 9.17) is 9.57 Å². The number of aromatic carboxylic acids is 2. The summed E-state index contributed by atoms with van der Waals surface area (Å²) in [4.78, 5) is 79.1. The number of alkyl carbamates (subject to hydrolysis) is 1. The number of allylic oxidation sites excluding steroid dienone is 4. The minimum atomic E-state index is -4.13. The first kappa shape index (κ1) is 64.9. The summed E-state index contributed by atoms with van der Waals surface area (Å²) in [6, 6.07) is 37.2. The van der Waals surface area contributed by atoms with Gasteiger partial charge in [0.15, 0.2) is 12.4 Å². The predicted molar refractivity (Wildman–Crippen MR) is 334 cm³/mol. The topological polar surface area (TPSA) is 362 Å². The molecule has 3 saturated carbocycles. The van der Waals surface area contributed by atoms with Gasteiger partial charge in [-0.05, 0) is 147 Å². The second kappa shape index (κ2) is 26.8. The summed E-state index contributed by atoms with van der Waals surface area (Å²) in [5.74, 6) is -5.04. The lowest BCUT2D eigenvalue weighted by molar-refractivity contribution is -0.178. The van der Waals surface area contributed by atoms with Gasteiger partial charge >= 0.3 is 18.0 Å². The third kappa shape index (κ3) is 13.5. The number of benzene rings is 6. The number of carboxylic acids is 2. The number of azo groups is 2. The van der Waals surface area contributed by atoms with Crippen molar-refractivity contribution in [2.45, 2.75) is 101 Å². The first-order chi connectivity index (χ1) is 43.9. The molecule has 23 nitrogen and oxygen atoms in total. The molecule has 24 heteroatoms. The Bertz CT molecular complexity index is 4160. The molecular formula is C68H67N7O16S. The molecule has 0 radical (unpaired) electrons. The molecule has 9 atom stereocenters. The highest BCUT2D eigenvalue weighted by atomic mass is 32.2. The van der Waals surface area contributed by atoms with Crippen LogP contribution in [0.1, 0.15) is 108 Å². The van der Waals surface area contributed by atoms with E-state index < -0.39 is 80.4 Å². The van der Waals surface area contributed by atoms with Crippen LogP contribution in [0.4, 0.5) is 27.5 Å². The summed E-state index contributed by atoms with van der Waals surface area (Å²) in [6.45, 7) is 5.17. The number of phenols is 2. The number of ketones is 2. The van der Waals surface area contributed by atoms with E-state index in [9.17, 15) is 67.8 Å². The van der Waals surface area contributed by atoms with Crippen LogP contribution in [0.25, 0.3) is 0 Å². The van der Waals surface area contributed by atoms with E-state index in [2.05, 4.69) is 42.6 Å². The Morgan fingerprint density at radius 2 is 1.36 bits per heavy atom. The Hall–Kier alpha value is -10.0. The van der Waals surface area contributed by atoms with Gasteiger partial charge in [0.1, 0.15) is 34.3 Å². The molecule has 92 heavy (non-hydrogen) atoms. The van der Waals surface area contributed by atoms with Gasteiger partial charge < -0.3 is 45.5 Å². The van der Waals surface area contributed by atoms with Crippen molar-refractivity contribution in [1.29, 1.82) is 0 Å². The van der Waals surface area contributed by atoms with Gasteiger partial charge in [-0.1, -0.05) is 110 Å². The van der Waals surface area contributed by atoms with Crippen molar-refractivity contribution in [3.8, 4) is 11.5 Å². The zero-order chi connectivity index (χ0) is 65.7. The molecule has 476 valence electrons. The summed E-state index contributed by atoms with van der Waals surface area (Å²) >= 11 is 0. The number of hydrogen-bond acceptors (Lipinski definition) is 19. The SMILES string of the molecule is CC12C=CC(=O)C=C1CCC1C2C(O)CC2(C)C1CCC2(O)C(=O)COC(=O)NCc1ccccc1N=Nc1ccc(O)c(C(=O)O)c1.CC1ON=C(c2ccccc2)C1c1ccc(S(=O)(=O)NC(=O)CCc2ccccc2N=Nc2ccc(O)c(C(=O)O)c2)cc1. The molecule has 1 heterocycles. The third-order valence-corrected chi connectivity index (χ3v) is 19.8. The number of hydrogen-bond donors (Lipinski definition) is 8. The number of ether oxygens (including phenoxy) is 1. The number of carbonyl (C=O) groups excluding carboxylic acids is 4. The second-order valence-corrected chi connectivity index (χ2v) is 25.5. The molecule has 0 bridgehead atoms. The van der Waals surface area contributed by atoms with Crippen LogP contribution < -0.4 is 10.0 Å². The van der Waals surface area contributed by atoms with Crippen LogP contribution >= 0.6 is 0 Å². The number of nitrogens with zero attached hydrogens (tertiary/aromatic N) is 5. The Labute approximate surface area is 529 Å². The Morgan fingerprint density at radius 3 is 1.99 bits per heavy atom. The van der Waals surface area contributed by atoms with Gasteiger partial charge in [-0.15, -0.1) is 0 Å². The average molecular weight is 1270 g/mol. The number of amides is 2. The van der Waals surface area contributed by atoms with Gasteiger partial charge in [0.05, 0.1) is 45.4 Å². The second-order valence-electron chi connectivity index (χ2n) is 23.9. The van der Waals surface area contributed by atoms with E-state index in [1.807, 2.05) is 50.3 Å². The van der Waals surface area contributed by atoms with Crippen LogP contribution in [-0.4, -0.2) is 105 Å². The Balaban J connectivity index is 0.000000202. The van der Waals surface area contributed by atoms with Crippen molar-refractivity contribution in [3.05, 3.63) is 197 Å². The molecule has 6 aromatic rings. The molecule has 11 rings (SSSR count). The highest BCUT2D eigenvalue weighted by Crippen LogP contribution is 2.67. The fourth-order valence-electron chi connectivity index (χ4n) is 13.7. The average Bonchev–Trinajstić information content (AvgIpc) is 1.42. The van der Waals surface area contributed by atoms with Crippen LogP contribution in [0.5, 0.6) is 11.5 Å². The maximum absolute atomic E-state index is 13.6. The quantitative estimate of drug-likeness (QED) is 0.0371. The van der Waals surface area contributed by atoms with Crippen LogP contribution in [0.3, 0.4) is 0 Å². The minimum absolute atomic E-state index is 0.0211. The normalized spacial score (nSPS) is 24.6. The van der Waals surface area contributed by atoms with Crippen molar-refractivity contribution < 1.29 is 77.4 Å². The molecule has 2 amide bonds. The fraction of sp³-hybridized carbons (Fsp3) is 0.309. The zero-order valence-corrected chi connectivity index (χ0v) is 51.1. The summed E-state index contributed by atoms with van der Waals surface area (Å²) in [5.41, 5.74) is 2.19. The molecule has 6 aromatic carbocycles. The van der Waals surface area contributed by atoms with Crippen molar-refractivity contribution in [3.63, 3.8) is 0 Å². The lowest BCUT2D eigenvalue weighted by atomic mass is 9.46. The molecule has 8 N–H and O–H groups in total. The smallest absolute Gasteiger partial charge is 0.407 e. The summed E-state index contributed by atoms with van der Waals surface area (Å²) < 4.78 is 33.4. The number of carboxylic acid groups (broad SMARTS) is 2. The highest BCUT2D eigenvalue weighted by molar-refractivity contribution is 7.90. The molecule has 4 aliphatic carbocycles. The van der Waals surface area contributed by atoms with Crippen molar-refractivity contribution in [2.24, 2.45) is 54.2 Å². The van der Waals surface area contributed by atoms with Crippen molar-refractivity contribution >= 4 is 74.0 Å². The number of oxime groups is 1. The lowest BCUT2D eigenvalue weighted by Crippen LogP contribution is -2.61. The van der Waals surface area contributed by atoms with Crippen molar-refractivity contribution in [1.82, 2.24) is 10.0 Å². The van der Waals surface area contributed by atoms with Gasteiger partial charge in [0.25, 0.3) is 10.0 Å². The first-order valence-corrected chi connectivity index (χ1v) is 31.2. The molecule has 0 spiro atoms. The summed E-state index contributed by atoms with van der Waals surface area (Å²) in [6.07, 6.45) is 5.80. The first-order valence-electron chi connectivity index (χ1n) is 29.7. The minimum Gasteiger partial charge on any atom is -0.507 e. The van der Waals surface area contributed by atoms with E-state index in [1.54, 1.807) is 72.8 Å². The molecule has 0 saturated heterocycles. The number of aliphatic hydroxyl groups excluding tert-OH is 1. The lowest BCUT2D eigenvalue weighted by Gasteiger charge is -2.59. The van der Waals surface area contributed by atoms with Crippen LogP contribution in [0.15, 0.2) is 194 Å². The number of aryl methyl sites for hydroxylation is 1. The largest absolute Gasteiger partial charge is 0.507 e. The van der Waals surface area contributed by atoms with Crippen LogP contribution in [0, 0.1) is 28.6 Å². The number of sulfonamides is 1. The Morgan fingerprint density at radius 1 is 0.761 bits per heavy atom. The molecular weight excluding hydrogens is 1200 g/mol. The van der Waals surface area contributed by atoms with Gasteiger partial charge in [-0.25, -0.2) is 27.5 Å². The maximum atomic E-state index is 13.6. The third-order valence-electron chi connectivity index (χ3n) is 18.4. The molecule has 1 aliphatic heterocycles. The number of aliphatic hydroxyl groups is 2. The zero-order valence-electron chi connectivity index (χ0n) is 50.2. The number of aromatic hydroxyl groups is 2. The molecule has 3 fully saturated rings. The number of Topliss-reactive ketones (excluding diaryl/α,β-unsaturated/α-hetero) is 1. The monoisotopic (exact) mass is 1270 g/mol. The molecule has 9 unspecified atom stereocenters. The highest BCUT2D eigenvalue weighted by Gasteiger charge is 2.68. The van der Waals surface area contributed by atoms with Crippen LogP contribution in [0.2, 0.25) is 0 Å². The van der Waals surface area contributed by atoms with Gasteiger partial charge in [-0.2, -0.15) is 20.5 Å². The number of fused-ring (bicyclic) bond motifs is 5. The van der Waals surface area contributed by atoms with E-state index in [1.165, 1.54) is 48.5 Å². The van der Waals surface area contributed by atoms with Crippen molar-refractivity contribution in [2.75, 3.05) is 6.61 Å². The fourth-order valence-corrected chi connectivity index (χ4v) is 14.7. The van der Waals surface area contributed by atoms with E-state index >= 15 is 0 Å². The Kier molecular flexibility index (Phi) is 18.9. The van der Waals surface area contributed by atoms with Crippen LogP contribution in [-0.2, 0) is 46.9 Å². The summed E-state index contributed by atoms with van der Waals surface area (Å²) in [5, 5.41) is 84.5. The number of carbonyl (C=O) groups is 6. The van der Waals surface area contributed by atoms with E-state index in [-0.39, 0.29) is 95.2 Å². The molecule has 5 aliphatic rings. The van der Waals surface area contributed by atoms with Gasteiger partial charge in [0, 0.05) is 35.3 Å². The maximum Gasteiger partial charge on any atom is 0.407 e. The van der Waals surface area contributed by atoms with Gasteiger partial charge in [0.2, 0.25) is 11.7 Å². The standard InChI is InChI=1S/C36H39N3O9.C32H28N4O7S/c1-34-13-11-23(40)15-21(34)7-9-24-26-12-14-36(47,35(26,2)17-29(42)31(24)34)30(43)19-48-33(46)37-18-20-5-3-4-6-27(20)39-38-22-8-10-28(41)25(16-22)32(44)45;1-20-30(31(35-43-20)23-8-3-2-4-9-23)22-11-15-25(16-12-22)44(41,42)36-29(38)18-13-21-7-5-6-10-27(21)34-33-24-14-17-28(37)26(19-24)32(39)40/h3-6,8,10-11,13,15-16,24,26,29,31,41-42,47H,7,9,12,14,17-19H2,1-2H3,(H,37,46)(H,44,45);2-12,14-17,19-20,30,37H,13,18H2,1H3,(H,36,38)(H,39,40).